The van der Waals surface area contributed by atoms with Crippen LogP contribution in [-0.2, 0) is 4.74 Å². The normalized spacial score (nSPS) is 16.8. The maximum Gasteiger partial charge on any atom is 0.409 e. The van der Waals surface area contributed by atoms with E-state index in [4.69, 9.17) is 4.74 Å². The largest absolute Gasteiger partial charge is 0.450 e. The van der Waals surface area contributed by atoms with Gasteiger partial charge in [-0.3, -0.25) is 0 Å². The van der Waals surface area contributed by atoms with Crippen molar-refractivity contribution >= 4 is 29.2 Å². The Labute approximate surface area is 171 Å². The fraction of sp³-hybridized carbons (Fsp3) is 0.476. The summed E-state index contributed by atoms with van der Waals surface area (Å²) in [7, 11) is 0. The Morgan fingerprint density at radius 3 is 2.41 bits per heavy atom. The monoisotopic (exact) mass is 396 g/mol. The number of hydrogen-bond donors (Lipinski definition) is 1. The predicted octanol–water partition coefficient (Wildman–Crippen LogP) is 3.10. The number of nitrogens with zero attached hydrogens (tertiary/aromatic N) is 5. The van der Waals surface area contributed by atoms with Gasteiger partial charge in [-0.25, -0.2) is 9.78 Å². The molecule has 2 aromatic rings. The Morgan fingerprint density at radius 2 is 1.72 bits per heavy atom. The zero-order valence-electron chi connectivity index (χ0n) is 16.9. The summed E-state index contributed by atoms with van der Waals surface area (Å²) in [6, 6.07) is 10.3. The minimum absolute atomic E-state index is 0.241. The number of hydrogen-bond acceptors (Lipinski definition) is 7. The predicted molar refractivity (Wildman–Crippen MR) is 114 cm³/mol. The maximum atomic E-state index is 11.9. The number of anilines is 4. The van der Waals surface area contributed by atoms with Crippen LogP contribution in [0.15, 0.2) is 36.5 Å². The number of ether oxygens (including phenoxy) is 1. The molecule has 8 heteroatoms. The second-order valence-electron chi connectivity index (χ2n) is 7.28. The summed E-state index contributed by atoms with van der Waals surface area (Å²) in [6.45, 7) is 7.21. The van der Waals surface area contributed by atoms with Crippen LogP contribution >= 0.6 is 0 Å². The molecule has 2 saturated heterocycles. The van der Waals surface area contributed by atoms with E-state index < -0.39 is 0 Å². The first kappa shape index (κ1) is 19.3. The van der Waals surface area contributed by atoms with E-state index in [1.54, 1.807) is 11.1 Å². The van der Waals surface area contributed by atoms with Crippen LogP contribution < -0.4 is 15.1 Å². The van der Waals surface area contributed by atoms with E-state index in [1.807, 2.05) is 13.0 Å². The molecule has 1 aromatic heterocycles. The highest BCUT2D eigenvalue weighted by atomic mass is 16.6. The summed E-state index contributed by atoms with van der Waals surface area (Å²) in [5.41, 5.74) is 2.24. The molecule has 0 atom stereocenters. The van der Waals surface area contributed by atoms with E-state index >= 15 is 0 Å². The van der Waals surface area contributed by atoms with E-state index in [1.165, 1.54) is 18.5 Å². The number of rotatable bonds is 5. The first-order valence-corrected chi connectivity index (χ1v) is 10.3. The van der Waals surface area contributed by atoms with Crippen molar-refractivity contribution in [2.45, 2.75) is 19.8 Å². The summed E-state index contributed by atoms with van der Waals surface area (Å²) >= 11 is 0. The van der Waals surface area contributed by atoms with Crippen molar-refractivity contribution in [1.29, 1.82) is 0 Å². The van der Waals surface area contributed by atoms with Crippen LogP contribution in [0.1, 0.15) is 19.8 Å². The molecule has 29 heavy (non-hydrogen) atoms. The minimum atomic E-state index is -0.241. The van der Waals surface area contributed by atoms with E-state index in [2.05, 4.69) is 49.4 Å². The number of amides is 1. The van der Waals surface area contributed by atoms with Gasteiger partial charge in [0.2, 0.25) is 5.95 Å². The standard InChI is InChI=1S/C21H28N6O2/c1-2-29-21(28)27-15-13-26(14-16-27)19-9-10-22-20(24-19)23-17-5-7-18(8-6-17)25-11-3-4-12-25/h5-10H,2-4,11-16H2,1H3,(H,22,23,24). The molecule has 2 fully saturated rings. The van der Waals surface area contributed by atoms with Crippen molar-refractivity contribution in [3.63, 3.8) is 0 Å². The third-order valence-electron chi connectivity index (χ3n) is 5.37. The van der Waals surface area contributed by atoms with Gasteiger partial charge in [0.05, 0.1) is 6.61 Å². The molecule has 0 unspecified atom stereocenters. The van der Waals surface area contributed by atoms with Crippen molar-refractivity contribution in [1.82, 2.24) is 14.9 Å². The molecule has 0 spiro atoms. The van der Waals surface area contributed by atoms with Crippen molar-refractivity contribution < 1.29 is 9.53 Å². The summed E-state index contributed by atoms with van der Waals surface area (Å²) in [4.78, 5) is 27.2. The van der Waals surface area contributed by atoms with Crippen LogP contribution in [0, 0.1) is 0 Å². The molecule has 2 aliphatic rings. The highest BCUT2D eigenvalue weighted by Crippen LogP contribution is 2.24. The summed E-state index contributed by atoms with van der Waals surface area (Å²) in [6.07, 6.45) is 4.07. The summed E-state index contributed by atoms with van der Waals surface area (Å²) in [5, 5.41) is 3.29. The molecule has 0 saturated carbocycles. The van der Waals surface area contributed by atoms with Gasteiger partial charge >= 0.3 is 6.09 Å². The van der Waals surface area contributed by atoms with Gasteiger partial charge in [-0.15, -0.1) is 0 Å². The van der Waals surface area contributed by atoms with E-state index in [0.717, 1.165) is 37.7 Å². The highest BCUT2D eigenvalue weighted by molar-refractivity contribution is 5.68. The lowest BCUT2D eigenvalue weighted by atomic mass is 10.2. The first-order chi connectivity index (χ1) is 14.2. The minimum Gasteiger partial charge on any atom is -0.450 e. The number of aromatic nitrogens is 2. The Kier molecular flexibility index (Phi) is 5.97. The van der Waals surface area contributed by atoms with Gasteiger partial charge in [0.15, 0.2) is 0 Å². The Bertz CT molecular complexity index is 814. The molecule has 1 N–H and O–H groups in total. The summed E-state index contributed by atoms with van der Waals surface area (Å²) in [5.74, 6) is 1.43. The first-order valence-electron chi connectivity index (χ1n) is 10.3. The molecule has 154 valence electrons. The Hall–Kier alpha value is -3.03. The highest BCUT2D eigenvalue weighted by Gasteiger charge is 2.23. The lowest BCUT2D eigenvalue weighted by Crippen LogP contribution is -2.49. The second-order valence-corrected chi connectivity index (χ2v) is 7.28. The number of nitrogens with one attached hydrogen (secondary N) is 1. The van der Waals surface area contributed by atoms with Crippen LogP contribution in [0.3, 0.4) is 0 Å². The van der Waals surface area contributed by atoms with Crippen molar-refractivity contribution in [3.8, 4) is 0 Å². The molecule has 4 rings (SSSR count). The molecule has 0 bridgehead atoms. The number of benzene rings is 1. The van der Waals surface area contributed by atoms with Crippen molar-refractivity contribution in [3.05, 3.63) is 36.5 Å². The quantitative estimate of drug-likeness (QED) is 0.832. The number of carbonyl (C=O) groups excluding carboxylic acids is 1. The fourth-order valence-electron chi connectivity index (χ4n) is 3.78. The van der Waals surface area contributed by atoms with Gasteiger partial charge in [-0.1, -0.05) is 0 Å². The van der Waals surface area contributed by atoms with Gasteiger partial charge < -0.3 is 24.8 Å². The third-order valence-corrected chi connectivity index (χ3v) is 5.37. The summed E-state index contributed by atoms with van der Waals surface area (Å²) < 4.78 is 5.08. The lowest BCUT2D eigenvalue weighted by molar-refractivity contribution is 0.105. The smallest absolute Gasteiger partial charge is 0.409 e. The molecule has 8 nitrogen and oxygen atoms in total. The second kappa shape index (κ2) is 8.98. The average molecular weight is 396 g/mol. The van der Waals surface area contributed by atoms with Crippen molar-refractivity contribution in [2.75, 3.05) is 61.0 Å². The van der Waals surface area contributed by atoms with Crippen LogP contribution in [0.5, 0.6) is 0 Å². The van der Waals surface area contributed by atoms with Crippen molar-refractivity contribution in [2.24, 2.45) is 0 Å². The zero-order valence-corrected chi connectivity index (χ0v) is 16.9. The van der Waals surface area contributed by atoms with E-state index in [-0.39, 0.29) is 6.09 Å². The molecule has 3 heterocycles. The van der Waals surface area contributed by atoms with Gasteiger partial charge in [0.1, 0.15) is 5.82 Å². The zero-order chi connectivity index (χ0) is 20.1. The Morgan fingerprint density at radius 1 is 1.00 bits per heavy atom. The maximum absolute atomic E-state index is 11.9. The topological polar surface area (TPSA) is 73.8 Å². The van der Waals surface area contributed by atoms with Crippen LogP contribution in [0.4, 0.5) is 27.9 Å². The molecule has 0 aliphatic carbocycles. The molecular weight excluding hydrogens is 368 g/mol. The molecule has 2 aliphatic heterocycles. The van der Waals surface area contributed by atoms with Gasteiger partial charge in [0, 0.05) is 56.8 Å². The number of carbonyl (C=O) groups is 1. The molecule has 0 radical (unpaired) electrons. The van der Waals surface area contributed by atoms with E-state index in [9.17, 15) is 4.79 Å². The van der Waals surface area contributed by atoms with Crippen LogP contribution in [-0.4, -0.2) is 66.8 Å². The number of piperazine rings is 1. The molecule has 1 amide bonds. The molecule has 1 aromatic carbocycles. The Balaban J connectivity index is 1.36. The van der Waals surface area contributed by atoms with Gasteiger partial charge in [0.25, 0.3) is 0 Å². The van der Waals surface area contributed by atoms with Gasteiger partial charge in [-0.2, -0.15) is 4.98 Å². The lowest BCUT2D eigenvalue weighted by Gasteiger charge is -2.34. The van der Waals surface area contributed by atoms with E-state index in [0.29, 0.717) is 25.6 Å². The van der Waals surface area contributed by atoms with Crippen LogP contribution in [0.25, 0.3) is 0 Å². The third kappa shape index (κ3) is 4.70. The van der Waals surface area contributed by atoms with Crippen LogP contribution in [0.2, 0.25) is 0 Å². The fourth-order valence-corrected chi connectivity index (χ4v) is 3.78. The SMILES string of the molecule is CCOC(=O)N1CCN(c2ccnc(Nc3ccc(N4CCCC4)cc3)n2)CC1. The van der Waals surface area contributed by atoms with Gasteiger partial charge in [-0.05, 0) is 50.1 Å². The average Bonchev–Trinajstić information content (AvgIpc) is 3.30. The molecular formula is C21H28N6O2.